The second-order valence-corrected chi connectivity index (χ2v) is 8.03. The van der Waals surface area contributed by atoms with Crippen molar-refractivity contribution in [2.45, 2.75) is 52.6 Å². The van der Waals surface area contributed by atoms with E-state index in [0.29, 0.717) is 28.3 Å². The molecule has 4 heteroatoms. The molecule has 0 amide bonds. The van der Waals surface area contributed by atoms with Crippen molar-refractivity contribution in [1.29, 1.82) is 0 Å². The first-order valence-electron chi connectivity index (χ1n) is 7.42. The predicted molar refractivity (Wildman–Crippen MR) is 84.3 cm³/mol. The van der Waals surface area contributed by atoms with Crippen LogP contribution in [0.2, 0.25) is 0 Å². The molecule has 3 N–H and O–H groups in total. The van der Waals surface area contributed by atoms with Crippen molar-refractivity contribution in [2.24, 2.45) is 22.5 Å². The molecule has 114 valence electrons. The quantitative estimate of drug-likeness (QED) is 0.861. The van der Waals surface area contributed by atoms with Gasteiger partial charge in [0, 0.05) is 12.0 Å². The SMILES string of the molecule is CC(C)(C)C1CCC(CN)(C(O)c2ccc(Br)o2)CC1. The summed E-state index contributed by atoms with van der Waals surface area (Å²) >= 11 is 3.29. The van der Waals surface area contributed by atoms with Crippen LogP contribution in [0.1, 0.15) is 58.3 Å². The van der Waals surface area contributed by atoms with Crippen molar-refractivity contribution in [2.75, 3.05) is 6.54 Å². The highest BCUT2D eigenvalue weighted by Crippen LogP contribution is 2.50. The van der Waals surface area contributed by atoms with E-state index in [0.717, 1.165) is 25.7 Å². The molecule has 2 rings (SSSR count). The lowest BCUT2D eigenvalue weighted by Crippen LogP contribution is -2.42. The number of halogens is 1. The molecule has 0 aliphatic heterocycles. The van der Waals surface area contributed by atoms with Gasteiger partial charge in [-0.2, -0.15) is 0 Å². The van der Waals surface area contributed by atoms with Crippen molar-refractivity contribution in [1.82, 2.24) is 0 Å². The van der Waals surface area contributed by atoms with E-state index in [-0.39, 0.29) is 5.41 Å². The van der Waals surface area contributed by atoms with Gasteiger partial charge in [-0.05, 0) is 65.1 Å². The molecule has 1 aromatic rings. The number of rotatable bonds is 3. The highest BCUT2D eigenvalue weighted by atomic mass is 79.9. The zero-order chi connectivity index (χ0) is 15.0. The molecule has 0 radical (unpaired) electrons. The molecule has 0 bridgehead atoms. The first-order valence-corrected chi connectivity index (χ1v) is 8.21. The molecular weight excluding hydrogens is 318 g/mol. The number of aliphatic hydroxyl groups is 1. The van der Waals surface area contributed by atoms with Gasteiger partial charge in [0.25, 0.3) is 0 Å². The fraction of sp³-hybridized carbons (Fsp3) is 0.750. The lowest BCUT2D eigenvalue weighted by atomic mass is 9.62. The van der Waals surface area contributed by atoms with E-state index in [1.54, 1.807) is 0 Å². The fourth-order valence-corrected chi connectivity index (χ4v) is 3.74. The lowest BCUT2D eigenvalue weighted by Gasteiger charge is -2.45. The van der Waals surface area contributed by atoms with Crippen molar-refractivity contribution in [3.8, 4) is 0 Å². The molecule has 20 heavy (non-hydrogen) atoms. The Morgan fingerprint density at radius 1 is 1.40 bits per heavy atom. The van der Waals surface area contributed by atoms with Crippen LogP contribution in [0.15, 0.2) is 21.2 Å². The average molecular weight is 344 g/mol. The number of aliphatic hydroxyl groups excluding tert-OH is 1. The summed E-state index contributed by atoms with van der Waals surface area (Å²) in [4.78, 5) is 0. The maximum Gasteiger partial charge on any atom is 0.169 e. The molecule has 1 atom stereocenters. The van der Waals surface area contributed by atoms with Gasteiger partial charge in [0.2, 0.25) is 0 Å². The van der Waals surface area contributed by atoms with Crippen LogP contribution in [-0.2, 0) is 0 Å². The molecule has 1 unspecified atom stereocenters. The van der Waals surface area contributed by atoms with Crippen molar-refractivity contribution in [3.63, 3.8) is 0 Å². The van der Waals surface area contributed by atoms with Crippen LogP contribution in [0.3, 0.4) is 0 Å². The summed E-state index contributed by atoms with van der Waals surface area (Å²) in [7, 11) is 0. The van der Waals surface area contributed by atoms with E-state index in [9.17, 15) is 5.11 Å². The average Bonchev–Trinajstić information content (AvgIpc) is 2.83. The number of furan rings is 1. The maximum absolute atomic E-state index is 10.7. The minimum absolute atomic E-state index is 0.237. The van der Waals surface area contributed by atoms with Gasteiger partial charge in [-0.25, -0.2) is 0 Å². The highest BCUT2D eigenvalue weighted by molar-refractivity contribution is 9.10. The fourth-order valence-electron chi connectivity index (χ4n) is 3.42. The van der Waals surface area contributed by atoms with Gasteiger partial charge >= 0.3 is 0 Å². The molecule has 1 aliphatic rings. The second kappa shape index (κ2) is 5.82. The van der Waals surface area contributed by atoms with E-state index < -0.39 is 6.10 Å². The molecule has 1 aliphatic carbocycles. The lowest BCUT2D eigenvalue weighted by molar-refractivity contribution is -0.0346. The largest absolute Gasteiger partial charge is 0.452 e. The van der Waals surface area contributed by atoms with Crippen LogP contribution in [-0.4, -0.2) is 11.7 Å². The smallest absolute Gasteiger partial charge is 0.169 e. The van der Waals surface area contributed by atoms with Gasteiger partial charge in [0.1, 0.15) is 11.9 Å². The standard InChI is InChI=1S/C16H26BrNO2/c1-15(2,3)11-6-8-16(10-18,9-7-11)14(19)12-4-5-13(17)20-12/h4-5,11,14,19H,6-10,18H2,1-3H3. The molecule has 0 saturated heterocycles. The minimum Gasteiger partial charge on any atom is -0.452 e. The van der Waals surface area contributed by atoms with Gasteiger partial charge in [-0.15, -0.1) is 0 Å². The highest BCUT2D eigenvalue weighted by Gasteiger charge is 2.44. The maximum atomic E-state index is 10.7. The van der Waals surface area contributed by atoms with E-state index in [1.165, 1.54) is 0 Å². The van der Waals surface area contributed by atoms with Gasteiger partial charge in [-0.3, -0.25) is 0 Å². The summed E-state index contributed by atoms with van der Waals surface area (Å²) in [6, 6.07) is 3.66. The Labute approximate surface area is 130 Å². The Hall–Kier alpha value is -0.320. The predicted octanol–water partition coefficient (Wildman–Crippen LogP) is 4.26. The number of hydrogen-bond acceptors (Lipinski definition) is 3. The van der Waals surface area contributed by atoms with Crippen LogP contribution in [0.4, 0.5) is 0 Å². The number of hydrogen-bond donors (Lipinski definition) is 2. The van der Waals surface area contributed by atoms with Crippen LogP contribution < -0.4 is 5.73 Å². The van der Waals surface area contributed by atoms with Crippen molar-refractivity contribution < 1.29 is 9.52 Å². The second-order valence-electron chi connectivity index (χ2n) is 7.25. The zero-order valence-electron chi connectivity index (χ0n) is 12.7. The van der Waals surface area contributed by atoms with Crippen LogP contribution >= 0.6 is 15.9 Å². The third kappa shape index (κ3) is 3.12. The van der Waals surface area contributed by atoms with Crippen LogP contribution in [0, 0.1) is 16.7 Å². The first kappa shape index (κ1) is 16.1. The molecule has 0 aromatic carbocycles. The van der Waals surface area contributed by atoms with Crippen molar-refractivity contribution >= 4 is 15.9 Å². The molecule has 1 aromatic heterocycles. The third-order valence-corrected chi connectivity index (χ3v) is 5.48. The summed E-state index contributed by atoms with van der Waals surface area (Å²) in [6.45, 7) is 7.40. The van der Waals surface area contributed by atoms with Gasteiger partial charge in [-0.1, -0.05) is 20.8 Å². The molecule has 0 spiro atoms. The molecular formula is C16H26BrNO2. The van der Waals surface area contributed by atoms with E-state index >= 15 is 0 Å². The van der Waals surface area contributed by atoms with E-state index in [2.05, 4.69) is 36.7 Å². The Kier molecular flexibility index (Phi) is 4.67. The monoisotopic (exact) mass is 343 g/mol. The summed E-state index contributed by atoms with van der Waals surface area (Å²) in [6.07, 6.45) is 3.56. The molecule has 1 saturated carbocycles. The van der Waals surface area contributed by atoms with Gasteiger partial charge < -0.3 is 15.3 Å². The molecule has 1 heterocycles. The summed E-state index contributed by atoms with van der Waals surface area (Å²) in [5.74, 6) is 1.33. The first-order chi connectivity index (χ1) is 9.28. The van der Waals surface area contributed by atoms with Gasteiger partial charge in [0.15, 0.2) is 4.67 Å². The van der Waals surface area contributed by atoms with Gasteiger partial charge in [0.05, 0.1) is 0 Å². The topological polar surface area (TPSA) is 59.4 Å². The van der Waals surface area contributed by atoms with Crippen LogP contribution in [0.25, 0.3) is 0 Å². The van der Waals surface area contributed by atoms with Crippen molar-refractivity contribution in [3.05, 3.63) is 22.6 Å². The Balaban J connectivity index is 2.12. The zero-order valence-corrected chi connectivity index (χ0v) is 14.2. The molecule has 3 nitrogen and oxygen atoms in total. The van der Waals surface area contributed by atoms with E-state index in [4.69, 9.17) is 10.2 Å². The summed E-state index contributed by atoms with van der Waals surface area (Å²) < 4.78 is 6.19. The normalized spacial score (nSPS) is 29.4. The summed E-state index contributed by atoms with van der Waals surface area (Å²) in [5.41, 5.74) is 6.12. The summed E-state index contributed by atoms with van der Waals surface area (Å²) in [5, 5.41) is 10.7. The Morgan fingerprint density at radius 2 is 2.00 bits per heavy atom. The van der Waals surface area contributed by atoms with E-state index in [1.807, 2.05) is 12.1 Å². The van der Waals surface area contributed by atoms with Crippen LogP contribution in [0.5, 0.6) is 0 Å². The Bertz CT molecular complexity index is 442. The third-order valence-electron chi connectivity index (χ3n) is 5.06. The Morgan fingerprint density at radius 3 is 2.40 bits per heavy atom. The molecule has 1 fully saturated rings. The number of nitrogens with two attached hydrogens (primary N) is 1. The minimum atomic E-state index is -0.611.